The van der Waals surface area contributed by atoms with Crippen LogP contribution in [0.3, 0.4) is 0 Å². The highest BCUT2D eigenvalue weighted by Crippen LogP contribution is 2.25. The first kappa shape index (κ1) is 13.8. The molecule has 0 unspecified atom stereocenters. The zero-order valence-electron chi connectivity index (χ0n) is 10.5. The van der Waals surface area contributed by atoms with Gasteiger partial charge in [0.25, 0.3) is 0 Å². The summed E-state index contributed by atoms with van der Waals surface area (Å²) in [7, 11) is 0. The summed E-state index contributed by atoms with van der Waals surface area (Å²) >= 11 is 10.8. The van der Waals surface area contributed by atoms with Crippen molar-refractivity contribution in [1.29, 1.82) is 0 Å². The van der Waals surface area contributed by atoms with E-state index in [4.69, 9.17) is 11.6 Å². The van der Waals surface area contributed by atoms with Crippen molar-refractivity contribution < 1.29 is 0 Å². The van der Waals surface area contributed by atoms with Gasteiger partial charge in [-0.2, -0.15) is 5.10 Å². The van der Waals surface area contributed by atoms with Gasteiger partial charge in [-0.25, -0.2) is 4.98 Å². The molecule has 0 N–H and O–H groups in total. The second kappa shape index (κ2) is 6.08. The molecular formula is C14H11BrClN3S. The van der Waals surface area contributed by atoms with Gasteiger partial charge in [-0.3, -0.25) is 4.68 Å². The Morgan fingerprint density at radius 3 is 2.95 bits per heavy atom. The first-order chi connectivity index (χ1) is 9.74. The molecule has 2 heterocycles. The number of aromatic nitrogens is 3. The largest absolute Gasteiger partial charge is 0.267 e. The average Bonchev–Trinajstić information content (AvgIpc) is 3.08. The van der Waals surface area contributed by atoms with Crippen molar-refractivity contribution >= 4 is 38.9 Å². The van der Waals surface area contributed by atoms with Crippen LogP contribution in [0.2, 0.25) is 0 Å². The van der Waals surface area contributed by atoms with Crippen LogP contribution in [0.1, 0.15) is 11.3 Å². The Kier molecular flexibility index (Phi) is 4.19. The maximum absolute atomic E-state index is 5.80. The van der Waals surface area contributed by atoms with E-state index in [2.05, 4.69) is 44.2 Å². The van der Waals surface area contributed by atoms with Crippen LogP contribution in [-0.2, 0) is 12.4 Å². The summed E-state index contributed by atoms with van der Waals surface area (Å²) in [6.07, 6.45) is 3.75. The number of halogens is 2. The smallest absolute Gasteiger partial charge is 0.123 e. The Morgan fingerprint density at radius 1 is 1.35 bits per heavy atom. The molecule has 0 radical (unpaired) electrons. The summed E-state index contributed by atoms with van der Waals surface area (Å²) in [5, 5.41) is 7.27. The standard InChI is InChI=1S/C14H11BrClN3S/c15-12-6-17-19(8-12)7-10-2-1-3-11(4-10)14-18-13(5-16)9-20-14/h1-4,6,8-9H,5,7H2. The fourth-order valence-corrected chi connectivity index (χ4v) is 3.29. The highest BCUT2D eigenvalue weighted by Gasteiger charge is 2.05. The van der Waals surface area contributed by atoms with Gasteiger partial charge in [0.15, 0.2) is 0 Å². The third-order valence-corrected chi connectivity index (χ3v) is 4.43. The molecule has 6 heteroatoms. The van der Waals surface area contributed by atoms with Crippen molar-refractivity contribution in [2.24, 2.45) is 0 Å². The van der Waals surface area contributed by atoms with Gasteiger partial charge in [-0.15, -0.1) is 22.9 Å². The van der Waals surface area contributed by atoms with Crippen molar-refractivity contribution in [1.82, 2.24) is 14.8 Å². The fraction of sp³-hybridized carbons (Fsp3) is 0.143. The predicted octanol–water partition coefficient (Wildman–Crippen LogP) is 4.56. The molecule has 20 heavy (non-hydrogen) atoms. The Labute approximate surface area is 134 Å². The van der Waals surface area contributed by atoms with Gasteiger partial charge in [-0.1, -0.05) is 18.2 Å². The molecule has 0 saturated heterocycles. The lowest BCUT2D eigenvalue weighted by Gasteiger charge is -2.04. The van der Waals surface area contributed by atoms with Gasteiger partial charge >= 0.3 is 0 Å². The van der Waals surface area contributed by atoms with Gasteiger partial charge in [0.05, 0.1) is 28.8 Å². The topological polar surface area (TPSA) is 30.7 Å². The summed E-state index contributed by atoms with van der Waals surface area (Å²) in [5.41, 5.74) is 3.24. The van der Waals surface area contributed by atoms with Crippen LogP contribution >= 0.6 is 38.9 Å². The summed E-state index contributed by atoms with van der Waals surface area (Å²) < 4.78 is 2.88. The van der Waals surface area contributed by atoms with Gasteiger partial charge in [-0.05, 0) is 27.6 Å². The SMILES string of the molecule is ClCc1csc(-c2cccc(Cn3cc(Br)cn3)c2)n1. The maximum atomic E-state index is 5.80. The van der Waals surface area contributed by atoms with Gasteiger partial charge in [0, 0.05) is 17.1 Å². The molecule has 3 rings (SSSR count). The predicted molar refractivity (Wildman–Crippen MR) is 86.1 cm³/mol. The fourth-order valence-electron chi connectivity index (χ4n) is 1.92. The number of hydrogen-bond acceptors (Lipinski definition) is 3. The van der Waals surface area contributed by atoms with E-state index < -0.39 is 0 Å². The number of nitrogens with zero attached hydrogens (tertiary/aromatic N) is 3. The summed E-state index contributed by atoms with van der Waals surface area (Å²) in [6.45, 7) is 0.743. The van der Waals surface area contributed by atoms with E-state index in [-0.39, 0.29) is 0 Å². The summed E-state index contributed by atoms with van der Waals surface area (Å²) in [4.78, 5) is 4.51. The molecule has 102 valence electrons. The minimum Gasteiger partial charge on any atom is -0.267 e. The van der Waals surface area contributed by atoms with E-state index in [9.17, 15) is 0 Å². The Hall–Kier alpha value is -1.17. The maximum Gasteiger partial charge on any atom is 0.123 e. The van der Waals surface area contributed by atoms with E-state index in [1.807, 2.05) is 22.3 Å². The zero-order chi connectivity index (χ0) is 13.9. The highest BCUT2D eigenvalue weighted by molar-refractivity contribution is 9.10. The molecule has 0 aliphatic rings. The Morgan fingerprint density at radius 2 is 2.25 bits per heavy atom. The first-order valence-electron chi connectivity index (χ1n) is 6.02. The Bertz CT molecular complexity index is 723. The molecule has 3 nitrogen and oxygen atoms in total. The molecule has 3 aromatic rings. The lowest BCUT2D eigenvalue weighted by molar-refractivity contribution is 0.687. The van der Waals surface area contributed by atoms with Crippen LogP contribution in [0.5, 0.6) is 0 Å². The highest BCUT2D eigenvalue weighted by atomic mass is 79.9. The lowest BCUT2D eigenvalue weighted by Crippen LogP contribution is -1.99. The van der Waals surface area contributed by atoms with Gasteiger partial charge in [0.2, 0.25) is 0 Å². The van der Waals surface area contributed by atoms with Crippen LogP contribution in [0.25, 0.3) is 10.6 Å². The summed E-state index contributed by atoms with van der Waals surface area (Å²) in [5.74, 6) is 0.456. The number of thiazole rings is 1. The van der Waals surface area contributed by atoms with Crippen molar-refractivity contribution in [3.05, 3.63) is 57.8 Å². The van der Waals surface area contributed by atoms with Crippen molar-refractivity contribution in [2.75, 3.05) is 0 Å². The van der Waals surface area contributed by atoms with E-state index in [1.54, 1.807) is 17.5 Å². The molecule has 0 spiro atoms. The third kappa shape index (κ3) is 3.11. The van der Waals surface area contributed by atoms with Crippen molar-refractivity contribution in [3.8, 4) is 10.6 Å². The van der Waals surface area contributed by atoms with Crippen LogP contribution in [0, 0.1) is 0 Å². The van der Waals surface area contributed by atoms with Gasteiger partial charge in [0.1, 0.15) is 5.01 Å². The lowest BCUT2D eigenvalue weighted by atomic mass is 10.1. The molecule has 0 aliphatic heterocycles. The second-order valence-electron chi connectivity index (χ2n) is 4.33. The first-order valence-corrected chi connectivity index (χ1v) is 8.23. The monoisotopic (exact) mass is 367 g/mol. The third-order valence-electron chi connectivity index (χ3n) is 2.81. The molecule has 0 atom stereocenters. The number of hydrogen-bond donors (Lipinski definition) is 0. The Balaban J connectivity index is 1.85. The van der Waals surface area contributed by atoms with E-state index >= 15 is 0 Å². The summed E-state index contributed by atoms with van der Waals surface area (Å²) in [6, 6.07) is 8.35. The van der Waals surface area contributed by atoms with Crippen molar-refractivity contribution in [2.45, 2.75) is 12.4 Å². The quantitative estimate of drug-likeness (QED) is 0.632. The second-order valence-corrected chi connectivity index (χ2v) is 6.38. The molecule has 0 saturated carbocycles. The van der Waals surface area contributed by atoms with E-state index in [1.165, 1.54) is 5.56 Å². The number of benzene rings is 1. The number of alkyl halides is 1. The minimum absolute atomic E-state index is 0.456. The minimum atomic E-state index is 0.456. The van der Waals surface area contributed by atoms with E-state index in [0.717, 1.165) is 27.3 Å². The molecule has 0 fully saturated rings. The van der Waals surface area contributed by atoms with Crippen LogP contribution < -0.4 is 0 Å². The van der Waals surface area contributed by atoms with Crippen LogP contribution in [-0.4, -0.2) is 14.8 Å². The van der Waals surface area contributed by atoms with Gasteiger partial charge < -0.3 is 0 Å². The molecule has 0 amide bonds. The van der Waals surface area contributed by atoms with Crippen LogP contribution in [0.15, 0.2) is 46.5 Å². The molecule has 1 aromatic carbocycles. The molecular weight excluding hydrogens is 358 g/mol. The van der Waals surface area contributed by atoms with Crippen molar-refractivity contribution in [3.63, 3.8) is 0 Å². The van der Waals surface area contributed by atoms with Crippen LogP contribution in [0.4, 0.5) is 0 Å². The van der Waals surface area contributed by atoms with E-state index in [0.29, 0.717) is 5.88 Å². The zero-order valence-corrected chi connectivity index (χ0v) is 13.6. The molecule has 2 aromatic heterocycles. The number of rotatable bonds is 4. The normalized spacial score (nSPS) is 10.9. The average molecular weight is 369 g/mol. The molecule has 0 aliphatic carbocycles. The molecule has 0 bridgehead atoms.